The number of nitrogens with zero attached hydrogens (tertiary/aromatic N) is 1. The molecule has 0 saturated heterocycles. The molecule has 0 aliphatic heterocycles. The molecule has 5 heteroatoms. The third kappa shape index (κ3) is 2.88. The number of benzene rings is 1. The van der Waals surface area contributed by atoms with Crippen LogP contribution in [0, 0.1) is 19.7 Å². The van der Waals surface area contributed by atoms with Crippen molar-refractivity contribution in [2.45, 2.75) is 13.8 Å². The van der Waals surface area contributed by atoms with Crippen molar-refractivity contribution >= 4 is 17.3 Å². The van der Waals surface area contributed by atoms with Crippen LogP contribution in [0.1, 0.15) is 21.6 Å². The average Bonchev–Trinajstić information content (AvgIpc) is 2.33. The smallest absolute Gasteiger partial charge is 0.339 e. The molecule has 0 spiro atoms. The first-order chi connectivity index (χ1) is 8.97. The van der Waals surface area contributed by atoms with Crippen LogP contribution in [-0.4, -0.2) is 16.1 Å². The number of rotatable bonds is 3. The highest BCUT2D eigenvalue weighted by molar-refractivity contribution is 5.94. The molecule has 2 N–H and O–H groups in total. The lowest BCUT2D eigenvalue weighted by molar-refractivity contribution is 0.0697. The Kier molecular flexibility index (Phi) is 3.46. The minimum atomic E-state index is -1.11. The fourth-order valence-electron chi connectivity index (χ4n) is 1.71. The summed E-state index contributed by atoms with van der Waals surface area (Å²) in [6.45, 7) is 3.57. The maximum absolute atomic E-state index is 13.7. The maximum atomic E-state index is 13.7. The van der Waals surface area contributed by atoms with Gasteiger partial charge in [-0.15, -0.1) is 0 Å². The molecule has 0 saturated carbocycles. The van der Waals surface area contributed by atoms with Gasteiger partial charge in [0, 0.05) is 11.9 Å². The quantitative estimate of drug-likeness (QED) is 0.889. The van der Waals surface area contributed by atoms with Crippen molar-refractivity contribution in [3.05, 3.63) is 53.1 Å². The molecular formula is C14H13FN2O2. The van der Waals surface area contributed by atoms with Gasteiger partial charge in [0.2, 0.25) is 0 Å². The molecule has 0 unspecified atom stereocenters. The van der Waals surface area contributed by atoms with Crippen molar-refractivity contribution in [3.8, 4) is 0 Å². The number of hydrogen-bond acceptors (Lipinski definition) is 3. The minimum absolute atomic E-state index is 0.00602. The predicted molar refractivity (Wildman–Crippen MR) is 70.4 cm³/mol. The van der Waals surface area contributed by atoms with Crippen LogP contribution in [-0.2, 0) is 0 Å². The molecule has 2 aromatic rings. The summed E-state index contributed by atoms with van der Waals surface area (Å²) in [5, 5.41) is 11.9. The molecule has 0 amide bonds. The molecule has 1 aromatic heterocycles. The second-order valence-electron chi connectivity index (χ2n) is 4.28. The normalized spacial score (nSPS) is 10.3. The van der Waals surface area contributed by atoms with Crippen molar-refractivity contribution in [3.63, 3.8) is 0 Å². The van der Waals surface area contributed by atoms with Gasteiger partial charge in [0.25, 0.3) is 0 Å². The highest BCUT2D eigenvalue weighted by Crippen LogP contribution is 2.24. The number of nitrogens with one attached hydrogen (secondary N) is 1. The van der Waals surface area contributed by atoms with Crippen LogP contribution in [0.15, 0.2) is 30.5 Å². The average molecular weight is 260 g/mol. The largest absolute Gasteiger partial charge is 0.478 e. The SMILES string of the molecule is Cc1ccc(F)c(Nc2cc(C)ncc2C(=O)O)c1. The van der Waals surface area contributed by atoms with Gasteiger partial charge in [-0.05, 0) is 37.6 Å². The predicted octanol–water partition coefficient (Wildman–Crippen LogP) is 3.28. The summed E-state index contributed by atoms with van der Waals surface area (Å²) >= 11 is 0. The molecule has 1 heterocycles. The lowest BCUT2D eigenvalue weighted by Crippen LogP contribution is -2.05. The van der Waals surface area contributed by atoms with Crippen LogP contribution in [0.5, 0.6) is 0 Å². The molecule has 0 bridgehead atoms. The van der Waals surface area contributed by atoms with E-state index < -0.39 is 11.8 Å². The Hall–Kier alpha value is -2.43. The summed E-state index contributed by atoms with van der Waals surface area (Å²) in [5.74, 6) is -1.54. The summed E-state index contributed by atoms with van der Waals surface area (Å²) < 4.78 is 13.7. The zero-order valence-corrected chi connectivity index (χ0v) is 10.6. The number of aromatic carboxylic acids is 1. The lowest BCUT2D eigenvalue weighted by atomic mass is 10.1. The van der Waals surface area contributed by atoms with Crippen LogP contribution < -0.4 is 5.32 Å². The van der Waals surface area contributed by atoms with E-state index in [1.54, 1.807) is 25.1 Å². The topological polar surface area (TPSA) is 62.2 Å². The van der Waals surface area contributed by atoms with Crippen LogP contribution in [0.2, 0.25) is 0 Å². The van der Waals surface area contributed by atoms with Gasteiger partial charge < -0.3 is 10.4 Å². The zero-order valence-electron chi connectivity index (χ0n) is 10.6. The molecule has 4 nitrogen and oxygen atoms in total. The number of anilines is 2. The Bertz CT molecular complexity index is 641. The van der Waals surface area contributed by atoms with Crippen LogP contribution in [0.3, 0.4) is 0 Å². The van der Waals surface area contributed by atoms with E-state index in [1.165, 1.54) is 12.3 Å². The molecule has 19 heavy (non-hydrogen) atoms. The van der Waals surface area contributed by atoms with E-state index in [4.69, 9.17) is 5.11 Å². The summed E-state index contributed by atoms with van der Waals surface area (Å²) in [5.41, 5.74) is 2.11. The summed E-state index contributed by atoms with van der Waals surface area (Å²) in [6, 6.07) is 6.19. The fraction of sp³-hybridized carbons (Fsp3) is 0.143. The molecule has 98 valence electrons. The van der Waals surface area contributed by atoms with Crippen molar-refractivity contribution in [2.24, 2.45) is 0 Å². The number of carboxylic acid groups (broad SMARTS) is 1. The Morgan fingerprint density at radius 3 is 2.68 bits per heavy atom. The Balaban J connectivity index is 2.45. The molecule has 1 aromatic carbocycles. The van der Waals surface area contributed by atoms with Crippen molar-refractivity contribution in [1.82, 2.24) is 4.98 Å². The van der Waals surface area contributed by atoms with Crippen LogP contribution in [0.4, 0.5) is 15.8 Å². The molecule has 0 aliphatic rings. The standard InChI is InChI=1S/C14H13FN2O2/c1-8-3-4-11(15)13(5-8)17-12-6-9(2)16-7-10(12)14(18)19/h3-7H,1-2H3,(H,16,17)(H,18,19). The first kappa shape index (κ1) is 13.0. The first-order valence-electron chi connectivity index (χ1n) is 5.70. The Morgan fingerprint density at radius 2 is 2.00 bits per heavy atom. The number of aryl methyl sites for hydroxylation is 2. The van der Waals surface area contributed by atoms with Gasteiger partial charge >= 0.3 is 5.97 Å². The fourth-order valence-corrected chi connectivity index (χ4v) is 1.71. The van der Waals surface area contributed by atoms with Crippen molar-refractivity contribution in [1.29, 1.82) is 0 Å². The van der Waals surface area contributed by atoms with Gasteiger partial charge in [-0.2, -0.15) is 0 Å². The summed E-state index contributed by atoms with van der Waals surface area (Å²) in [7, 11) is 0. The number of halogens is 1. The Morgan fingerprint density at radius 1 is 1.26 bits per heavy atom. The zero-order chi connectivity index (χ0) is 14.0. The number of pyridine rings is 1. The van der Waals surface area contributed by atoms with Gasteiger partial charge in [-0.1, -0.05) is 6.07 Å². The van der Waals surface area contributed by atoms with Crippen molar-refractivity contribution < 1.29 is 14.3 Å². The second-order valence-corrected chi connectivity index (χ2v) is 4.28. The van der Waals surface area contributed by atoms with E-state index in [1.807, 2.05) is 6.92 Å². The highest BCUT2D eigenvalue weighted by atomic mass is 19.1. The van der Waals surface area contributed by atoms with Crippen molar-refractivity contribution in [2.75, 3.05) is 5.32 Å². The summed E-state index contributed by atoms with van der Waals surface area (Å²) in [6.07, 6.45) is 1.26. The third-order valence-electron chi connectivity index (χ3n) is 2.66. The van der Waals surface area contributed by atoms with Gasteiger partial charge in [0.05, 0.1) is 11.4 Å². The molecule has 0 radical (unpaired) electrons. The van der Waals surface area contributed by atoms with Gasteiger partial charge in [-0.25, -0.2) is 9.18 Å². The molecule has 2 rings (SSSR count). The van der Waals surface area contributed by atoms with Gasteiger partial charge in [-0.3, -0.25) is 4.98 Å². The van der Waals surface area contributed by atoms with Gasteiger partial charge in [0.1, 0.15) is 11.4 Å². The van der Waals surface area contributed by atoms with E-state index in [2.05, 4.69) is 10.3 Å². The maximum Gasteiger partial charge on any atom is 0.339 e. The number of aromatic nitrogens is 1. The molecular weight excluding hydrogens is 247 g/mol. The van der Waals surface area contributed by atoms with E-state index >= 15 is 0 Å². The molecule has 0 fully saturated rings. The van der Waals surface area contributed by atoms with Gasteiger partial charge in [0.15, 0.2) is 0 Å². The first-order valence-corrected chi connectivity index (χ1v) is 5.70. The minimum Gasteiger partial charge on any atom is -0.478 e. The number of carbonyl (C=O) groups is 1. The molecule has 0 aliphatic carbocycles. The lowest BCUT2D eigenvalue weighted by Gasteiger charge is -2.11. The van der Waals surface area contributed by atoms with E-state index in [-0.39, 0.29) is 11.3 Å². The van der Waals surface area contributed by atoms with E-state index in [0.29, 0.717) is 11.4 Å². The van der Waals surface area contributed by atoms with E-state index in [9.17, 15) is 9.18 Å². The summed E-state index contributed by atoms with van der Waals surface area (Å²) in [4.78, 5) is 15.0. The molecule has 0 atom stereocenters. The highest BCUT2D eigenvalue weighted by Gasteiger charge is 2.12. The number of hydrogen-bond donors (Lipinski definition) is 2. The number of carboxylic acids is 1. The Labute approximate surface area is 109 Å². The van der Waals surface area contributed by atoms with Crippen LogP contribution in [0.25, 0.3) is 0 Å². The monoisotopic (exact) mass is 260 g/mol. The second kappa shape index (κ2) is 5.06. The third-order valence-corrected chi connectivity index (χ3v) is 2.66. The van der Waals surface area contributed by atoms with E-state index in [0.717, 1.165) is 5.56 Å². The van der Waals surface area contributed by atoms with Crippen LogP contribution >= 0.6 is 0 Å².